The minimum absolute atomic E-state index is 0.218. The first-order valence-corrected chi connectivity index (χ1v) is 6.20. The van der Waals surface area contributed by atoms with E-state index in [-0.39, 0.29) is 11.9 Å². The van der Waals surface area contributed by atoms with Crippen LogP contribution in [0.15, 0.2) is 0 Å². The summed E-state index contributed by atoms with van der Waals surface area (Å²) in [6.07, 6.45) is 0.642. The van der Waals surface area contributed by atoms with Gasteiger partial charge in [-0.15, -0.1) is 0 Å². The first-order chi connectivity index (χ1) is 6.65. The second kappa shape index (κ2) is 5.71. The van der Waals surface area contributed by atoms with Gasteiger partial charge in [0.1, 0.15) is 0 Å². The van der Waals surface area contributed by atoms with Crippen LogP contribution >= 0.6 is 15.9 Å². The first-order valence-electron chi connectivity index (χ1n) is 5.08. The van der Waals surface area contributed by atoms with E-state index in [2.05, 4.69) is 29.8 Å². The molecule has 1 fully saturated rings. The molecule has 0 N–H and O–H groups in total. The molecule has 14 heavy (non-hydrogen) atoms. The average Bonchev–Trinajstić information content (AvgIpc) is 2.16. The van der Waals surface area contributed by atoms with Crippen molar-refractivity contribution in [1.29, 1.82) is 0 Å². The smallest absolute Gasteiger partial charge is 0.223 e. The van der Waals surface area contributed by atoms with Gasteiger partial charge < -0.3 is 9.64 Å². The van der Waals surface area contributed by atoms with Gasteiger partial charge in [-0.25, -0.2) is 0 Å². The molecule has 0 spiro atoms. The van der Waals surface area contributed by atoms with Crippen LogP contribution in [0.5, 0.6) is 0 Å². The molecule has 82 valence electrons. The van der Waals surface area contributed by atoms with Crippen molar-refractivity contribution in [3.63, 3.8) is 0 Å². The maximum absolute atomic E-state index is 11.8. The number of alkyl halides is 1. The standard InChI is InChI=1S/C10H18BrNO2/c1-8(2)5-10(13)12-3-4-14-7-9(12)6-11/h8-9H,3-7H2,1-2H3. The Morgan fingerprint density at radius 1 is 1.64 bits per heavy atom. The Bertz CT molecular complexity index is 197. The second-order valence-corrected chi connectivity index (χ2v) is 4.72. The molecule has 1 heterocycles. The van der Waals surface area contributed by atoms with E-state index >= 15 is 0 Å². The van der Waals surface area contributed by atoms with Crippen LogP contribution in [0.3, 0.4) is 0 Å². The zero-order valence-corrected chi connectivity index (χ0v) is 10.4. The molecular formula is C10H18BrNO2. The molecule has 1 amide bonds. The molecule has 1 saturated heterocycles. The third kappa shape index (κ3) is 3.24. The summed E-state index contributed by atoms with van der Waals surface area (Å²) in [7, 11) is 0. The first kappa shape index (κ1) is 12.0. The molecule has 0 radical (unpaired) electrons. The molecule has 0 aliphatic carbocycles. The van der Waals surface area contributed by atoms with E-state index in [1.165, 1.54) is 0 Å². The van der Waals surface area contributed by atoms with E-state index in [4.69, 9.17) is 4.74 Å². The Morgan fingerprint density at radius 3 is 2.93 bits per heavy atom. The van der Waals surface area contributed by atoms with Gasteiger partial charge >= 0.3 is 0 Å². The van der Waals surface area contributed by atoms with Crippen LogP contribution in [0.2, 0.25) is 0 Å². The Hall–Kier alpha value is -0.0900. The van der Waals surface area contributed by atoms with E-state index in [1.54, 1.807) is 0 Å². The number of nitrogens with zero attached hydrogens (tertiary/aromatic N) is 1. The molecule has 1 atom stereocenters. The maximum Gasteiger partial charge on any atom is 0.223 e. The molecule has 0 saturated carbocycles. The van der Waals surface area contributed by atoms with Crippen molar-refractivity contribution in [2.75, 3.05) is 25.1 Å². The lowest BCUT2D eigenvalue weighted by Crippen LogP contribution is -2.49. The molecule has 3 nitrogen and oxygen atoms in total. The fourth-order valence-corrected chi connectivity index (χ4v) is 2.11. The van der Waals surface area contributed by atoms with Gasteiger partial charge in [-0.1, -0.05) is 29.8 Å². The van der Waals surface area contributed by atoms with Crippen molar-refractivity contribution in [1.82, 2.24) is 4.90 Å². The van der Waals surface area contributed by atoms with Crippen LogP contribution in [0.4, 0.5) is 0 Å². The van der Waals surface area contributed by atoms with Gasteiger partial charge in [0.25, 0.3) is 0 Å². The minimum Gasteiger partial charge on any atom is -0.377 e. The molecular weight excluding hydrogens is 246 g/mol. The Kier molecular flexibility index (Phi) is 4.89. The van der Waals surface area contributed by atoms with Crippen LogP contribution in [-0.2, 0) is 9.53 Å². The largest absolute Gasteiger partial charge is 0.377 e. The molecule has 1 aliphatic rings. The number of hydrogen-bond donors (Lipinski definition) is 0. The van der Waals surface area contributed by atoms with Crippen molar-refractivity contribution in [3.05, 3.63) is 0 Å². The van der Waals surface area contributed by atoms with Gasteiger partial charge in [-0.3, -0.25) is 4.79 Å². The van der Waals surface area contributed by atoms with Gasteiger partial charge in [0.15, 0.2) is 0 Å². The minimum atomic E-state index is 0.218. The monoisotopic (exact) mass is 263 g/mol. The highest BCUT2D eigenvalue weighted by Gasteiger charge is 2.26. The fourth-order valence-electron chi connectivity index (χ4n) is 1.58. The van der Waals surface area contributed by atoms with Gasteiger partial charge in [-0.2, -0.15) is 0 Å². The summed E-state index contributed by atoms with van der Waals surface area (Å²) in [6.45, 7) is 6.22. The molecule has 4 heteroatoms. The topological polar surface area (TPSA) is 29.5 Å². The molecule has 0 bridgehead atoms. The summed E-state index contributed by atoms with van der Waals surface area (Å²) in [6, 6.07) is 0.218. The second-order valence-electron chi connectivity index (χ2n) is 4.07. The van der Waals surface area contributed by atoms with Gasteiger partial charge in [-0.05, 0) is 5.92 Å². The van der Waals surface area contributed by atoms with E-state index in [0.717, 1.165) is 11.9 Å². The van der Waals surface area contributed by atoms with Crippen molar-refractivity contribution >= 4 is 21.8 Å². The third-order valence-electron chi connectivity index (χ3n) is 2.31. The number of morpholine rings is 1. The highest BCUT2D eigenvalue weighted by Crippen LogP contribution is 2.13. The third-order valence-corrected chi connectivity index (χ3v) is 3.06. The highest BCUT2D eigenvalue weighted by molar-refractivity contribution is 9.09. The van der Waals surface area contributed by atoms with Crippen LogP contribution in [0.25, 0.3) is 0 Å². The number of amides is 1. The lowest BCUT2D eigenvalue weighted by Gasteiger charge is -2.35. The Balaban J connectivity index is 2.50. The van der Waals surface area contributed by atoms with Crippen LogP contribution in [0, 0.1) is 5.92 Å². The van der Waals surface area contributed by atoms with E-state index < -0.39 is 0 Å². The number of hydrogen-bond acceptors (Lipinski definition) is 2. The lowest BCUT2D eigenvalue weighted by atomic mass is 10.1. The van der Waals surface area contributed by atoms with Crippen molar-refractivity contribution in [2.45, 2.75) is 26.3 Å². The van der Waals surface area contributed by atoms with Crippen molar-refractivity contribution in [3.8, 4) is 0 Å². The molecule has 1 aliphatic heterocycles. The lowest BCUT2D eigenvalue weighted by molar-refractivity contribution is -0.139. The van der Waals surface area contributed by atoms with Gasteiger partial charge in [0, 0.05) is 18.3 Å². The van der Waals surface area contributed by atoms with Gasteiger partial charge in [0.05, 0.1) is 19.3 Å². The zero-order valence-electron chi connectivity index (χ0n) is 8.83. The number of halogens is 1. The summed E-state index contributed by atoms with van der Waals surface area (Å²) in [5.74, 6) is 0.689. The summed E-state index contributed by atoms with van der Waals surface area (Å²) < 4.78 is 5.33. The summed E-state index contributed by atoms with van der Waals surface area (Å²) in [5.41, 5.74) is 0. The van der Waals surface area contributed by atoms with E-state index in [0.29, 0.717) is 25.6 Å². The summed E-state index contributed by atoms with van der Waals surface area (Å²) >= 11 is 3.41. The van der Waals surface area contributed by atoms with Crippen LogP contribution in [0.1, 0.15) is 20.3 Å². The molecule has 1 rings (SSSR count). The zero-order chi connectivity index (χ0) is 10.6. The number of rotatable bonds is 3. The average molecular weight is 264 g/mol. The number of ether oxygens (including phenoxy) is 1. The van der Waals surface area contributed by atoms with E-state index in [1.807, 2.05) is 4.90 Å². The highest BCUT2D eigenvalue weighted by atomic mass is 79.9. The number of carbonyl (C=O) groups excluding carboxylic acids is 1. The number of carbonyl (C=O) groups is 1. The summed E-state index contributed by atoms with van der Waals surface area (Å²) in [4.78, 5) is 13.8. The SMILES string of the molecule is CC(C)CC(=O)N1CCOCC1CBr. The van der Waals surface area contributed by atoms with Gasteiger partial charge in [0.2, 0.25) is 5.91 Å². The Labute approximate surface area is 93.9 Å². The molecule has 0 aromatic heterocycles. The van der Waals surface area contributed by atoms with Crippen molar-refractivity contribution < 1.29 is 9.53 Å². The fraction of sp³-hybridized carbons (Fsp3) is 0.900. The summed E-state index contributed by atoms with van der Waals surface area (Å²) in [5, 5.41) is 0.802. The maximum atomic E-state index is 11.8. The Morgan fingerprint density at radius 2 is 2.36 bits per heavy atom. The predicted molar refractivity (Wildman–Crippen MR) is 59.6 cm³/mol. The van der Waals surface area contributed by atoms with Crippen molar-refractivity contribution in [2.24, 2.45) is 5.92 Å². The normalized spacial score (nSPS) is 22.9. The van der Waals surface area contributed by atoms with E-state index in [9.17, 15) is 4.79 Å². The predicted octanol–water partition coefficient (Wildman–Crippen LogP) is 1.65. The quantitative estimate of drug-likeness (QED) is 0.725. The van der Waals surface area contributed by atoms with Crippen LogP contribution < -0.4 is 0 Å². The molecule has 1 unspecified atom stereocenters. The molecule has 0 aromatic rings. The van der Waals surface area contributed by atoms with Crippen LogP contribution in [-0.4, -0.2) is 41.9 Å². The molecule has 0 aromatic carbocycles.